The fourth-order valence-electron chi connectivity index (χ4n) is 2.63. The number of benzene rings is 2. The van der Waals surface area contributed by atoms with Crippen LogP contribution in [0.5, 0.6) is 0 Å². The van der Waals surface area contributed by atoms with Gasteiger partial charge in [-0.25, -0.2) is 0 Å². The van der Waals surface area contributed by atoms with E-state index in [0.29, 0.717) is 11.3 Å². The van der Waals surface area contributed by atoms with Crippen molar-refractivity contribution in [3.8, 4) is 17.4 Å². The van der Waals surface area contributed by atoms with Gasteiger partial charge in [-0.15, -0.1) is 0 Å². The smallest absolute Gasteiger partial charge is 0.280 e. The zero-order valence-electron chi connectivity index (χ0n) is 14.9. The molecule has 138 valence electrons. The number of nitro groups is 1. The lowest BCUT2D eigenvalue weighted by Crippen LogP contribution is -2.13. The lowest BCUT2D eigenvalue weighted by atomic mass is 10.1. The van der Waals surface area contributed by atoms with Crippen LogP contribution in [0.25, 0.3) is 17.4 Å². The summed E-state index contributed by atoms with van der Waals surface area (Å²) in [4.78, 5) is 23.0. The molecule has 1 N–H and O–H groups in total. The van der Waals surface area contributed by atoms with E-state index in [1.807, 2.05) is 19.1 Å². The third-order valence-electron chi connectivity index (χ3n) is 3.92. The summed E-state index contributed by atoms with van der Waals surface area (Å²) in [7, 11) is 0. The number of furan rings is 1. The number of aryl methyl sites for hydroxylation is 1. The summed E-state index contributed by atoms with van der Waals surface area (Å²) in [5.41, 5.74) is 1.62. The predicted octanol–water partition coefficient (Wildman–Crippen LogP) is 4.71. The van der Waals surface area contributed by atoms with Gasteiger partial charge in [0.05, 0.1) is 10.5 Å². The van der Waals surface area contributed by atoms with E-state index in [2.05, 4.69) is 5.32 Å². The number of nitro benzene ring substituents is 1. The highest BCUT2D eigenvalue weighted by molar-refractivity contribution is 6.09. The van der Waals surface area contributed by atoms with Crippen molar-refractivity contribution in [1.29, 1.82) is 5.26 Å². The Morgan fingerprint density at radius 3 is 2.68 bits per heavy atom. The molecule has 0 radical (unpaired) electrons. The monoisotopic (exact) mass is 373 g/mol. The second-order valence-corrected chi connectivity index (χ2v) is 5.97. The molecule has 3 aromatic rings. The van der Waals surface area contributed by atoms with Crippen LogP contribution in [0, 0.1) is 28.4 Å². The SMILES string of the molecule is Cc1cccc(NC(=O)/C(C#N)=C/c2ccc(-c3ccccc3[N+](=O)[O-])o2)c1. The highest BCUT2D eigenvalue weighted by Crippen LogP contribution is 2.31. The van der Waals surface area contributed by atoms with Crippen LogP contribution in [0.15, 0.2) is 70.7 Å². The fraction of sp³-hybridized carbons (Fsp3) is 0.0476. The molecule has 0 unspecified atom stereocenters. The molecule has 7 nitrogen and oxygen atoms in total. The van der Waals surface area contributed by atoms with E-state index in [1.165, 1.54) is 12.1 Å². The molecule has 0 bridgehead atoms. The number of rotatable bonds is 5. The van der Waals surface area contributed by atoms with E-state index in [4.69, 9.17) is 4.42 Å². The summed E-state index contributed by atoms with van der Waals surface area (Å²) in [6.07, 6.45) is 1.30. The van der Waals surface area contributed by atoms with Crippen molar-refractivity contribution in [2.45, 2.75) is 6.92 Å². The molecule has 1 amide bonds. The molecule has 28 heavy (non-hydrogen) atoms. The largest absolute Gasteiger partial charge is 0.456 e. The van der Waals surface area contributed by atoms with Crippen LogP contribution < -0.4 is 5.32 Å². The average molecular weight is 373 g/mol. The average Bonchev–Trinajstić information content (AvgIpc) is 3.14. The summed E-state index contributed by atoms with van der Waals surface area (Å²) in [6.45, 7) is 1.89. The topological polar surface area (TPSA) is 109 Å². The second-order valence-electron chi connectivity index (χ2n) is 5.97. The van der Waals surface area contributed by atoms with Crippen molar-refractivity contribution in [2.24, 2.45) is 0 Å². The lowest BCUT2D eigenvalue weighted by molar-refractivity contribution is -0.384. The number of hydrogen-bond acceptors (Lipinski definition) is 5. The van der Waals surface area contributed by atoms with Crippen molar-refractivity contribution in [3.05, 3.63) is 87.7 Å². The summed E-state index contributed by atoms with van der Waals surface area (Å²) in [5.74, 6) is -0.0595. The quantitative estimate of drug-likeness (QED) is 0.301. The van der Waals surface area contributed by atoms with E-state index in [0.717, 1.165) is 5.56 Å². The Bertz CT molecular complexity index is 1120. The van der Waals surface area contributed by atoms with Gasteiger partial charge >= 0.3 is 0 Å². The van der Waals surface area contributed by atoms with Crippen LogP contribution in [0.4, 0.5) is 11.4 Å². The standard InChI is InChI=1S/C21H15N3O4/c1-14-5-4-6-16(11-14)23-21(25)15(13-22)12-17-9-10-20(28-17)18-7-2-3-8-19(18)24(26)27/h2-12H,1H3,(H,23,25)/b15-12+. The van der Waals surface area contributed by atoms with E-state index in [9.17, 15) is 20.2 Å². The van der Waals surface area contributed by atoms with Gasteiger partial charge in [-0.3, -0.25) is 14.9 Å². The maximum absolute atomic E-state index is 12.3. The van der Waals surface area contributed by atoms with Gasteiger partial charge in [0.15, 0.2) is 0 Å². The van der Waals surface area contributed by atoms with Gasteiger partial charge in [0.1, 0.15) is 23.2 Å². The number of amides is 1. The third-order valence-corrected chi connectivity index (χ3v) is 3.92. The van der Waals surface area contributed by atoms with E-state index in [-0.39, 0.29) is 22.8 Å². The van der Waals surface area contributed by atoms with Crippen molar-refractivity contribution in [3.63, 3.8) is 0 Å². The molecular weight excluding hydrogens is 358 g/mol. The molecular formula is C21H15N3O4. The zero-order valence-corrected chi connectivity index (χ0v) is 14.9. The fourth-order valence-corrected chi connectivity index (χ4v) is 2.63. The van der Waals surface area contributed by atoms with Crippen molar-refractivity contribution >= 4 is 23.4 Å². The van der Waals surface area contributed by atoms with E-state index >= 15 is 0 Å². The first-order valence-electron chi connectivity index (χ1n) is 8.31. The molecule has 0 fully saturated rings. The molecule has 0 saturated carbocycles. The molecule has 3 rings (SSSR count). The molecule has 2 aromatic carbocycles. The van der Waals surface area contributed by atoms with Gasteiger partial charge in [0.2, 0.25) is 0 Å². The number of anilines is 1. The summed E-state index contributed by atoms with van der Waals surface area (Å²) in [5, 5.41) is 23.1. The van der Waals surface area contributed by atoms with Gasteiger partial charge in [0.25, 0.3) is 11.6 Å². The third kappa shape index (κ3) is 4.14. The summed E-state index contributed by atoms with van der Waals surface area (Å²) in [6, 6.07) is 18.3. The Balaban J connectivity index is 1.86. The number of nitriles is 1. The van der Waals surface area contributed by atoms with Crippen molar-refractivity contribution in [2.75, 3.05) is 5.32 Å². The molecule has 0 aliphatic heterocycles. The van der Waals surface area contributed by atoms with Crippen molar-refractivity contribution in [1.82, 2.24) is 0 Å². The van der Waals surface area contributed by atoms with Crippen LogP contribution >= 0.6 is 0 Å². The minimum absolute atomic E-state index is 0.0925. The number of nitrogens with one attached hydrogen (secondary N) is 1. The predicted molar refractivity (Wildman–Crippen MR) is 104 cm³/mol. The van der Waals surface area contributed by atoms with Gasteiger partial charge in [0, 0.05) is 17.8 Å². The first-order chi connectivity index (χ1) is 13.5. The Labute approximate surface area is 160 Å². The van der Waals surface area contributed by atoms with E-state index in [1.54, 1.807) is 48.5 Å². The van der Waals surface area contributed by atoms with Gasteiger partial charge in [-0.05, 0) is 42.8 Å². The van der Waals surface area contributed by atoms with Crippen LogP contribution in [-0.2, 0) is 4.79 Å². The Morgan fingerprint density at radius 1 is 1.18 bits per heavy atom. The Kier molecular flexibility index (Phi) is 5.33. The normalized spacial score (nSPS) is 10.9. The van der Waals surface area contributed by atoms with Crippen LogP contribution in [0.3, 0.4) is 0 Å². The number of nitrogens with zero attached hydrogens (tertiary/aromatic N) is 2. The molecule has 0 spiro atoms. The number of carbonyl (C=O) groups excluding carboxylic acids is 1. The lowest BCUT2D eigenvalue weighted by Gasteiger charge is -2.04. The van der Waals surface area contributed by atoms with Gasteiger partial charge < -0.3 is 9.73 Å². The molecule has 1 heterocycles. The Morgan fingerprint density at radius 2 is 1.96 bits per heavy atom. The minimum Gasteiger partial charge on any atom is -0.456 e. The number of hydrogen-bond donors (Lipinski definition) is 1. The maximum atomic E-state index is 12.3. The Hall–Kier alpha value is -4.18. The van der Waals surface area contributed by atoms with Crippen LogP contribution in [0.1, 0.15) is 11.3 Å². The molecule has 7 heteroatoms. The second kappa shape index (κ2) is 8.01. The van der Waals surface area contributed by atoms with Gasteiger partial charge in [-0.1, -0.05) is 24.3 Å². The van der Waals surface area contributed by atoms with Crippen LogP contribution in [0.2, 0.25) is 0 Å². The highest BCUT2D eigenvalue weighted by atomic mass is 16.6. The zero-order chi connectivity index (χ0) is 20.1. The summed E-state index contributed by atoms with van der Waals surface area (Å²) >= 11 is 0. The van der Waals surface area contributed by atoms with Gasteiger partial charge in [-0.2, -0.15) is 5.26 Å². The highest BCUT2D eigenvalue weighted by Gasteiger charge is 2.17. The number of para-hydroxylation sites is 1. The molecule has 0 saturated heterocycles. The molecule has 0 aliphatic carbocycles. The first kappa shape index (κ1) is 18.6. The maximum Gasteiger partial charge on any atom is 0.280 e. The van der Waals surface area contributed by atoms with Crippen LogP contribution in [-0.4, -0.2) is 10.8 Å². The van der Waals surface area contributed by atoms with Crippen molar-refractivity contribution < 1.29 is 14.1 Å². The van der Waals surface area contributed by atoms with E-state index < -0.39 is 10.8 Å². The minimum atomic E-state index is -0.572. The molecule has 1 aromatic heterocycles. The summed E-state index contributed by atoms with van der Waals surface area (Å²) < 4.78 is 5.60. The molecule has 0 atom stereocenters. The number of carbonyl (C=O) groups is 1. The molecule has 0 aliphatic rings. The first-order valence-corrected chi connectivity index (χ1v) is 8.31.